The number of piperidine rings is 1. The van der Waals surface area contributed by atoms with E-state index in [-0.39, 0.29) is 10.9 Å². The molecule has 1 aromatic heterocycles. The van der Waals surface area contributed by atoms with Crippen molar-refractivity contribution < 1.29 is 8.42 Å². The smallest absolute Gasteiger partial charge is 0.246 e. The molecule has 0 spiro atoms. The van der Waals surface area contributed by atoms with Crippen LogP contribution in [-0.4, -0.2) is 49.1 Å². The lowest BCUT2D eigenvalue weighted by Crippen LogP contribution is -2.48. The standard InChI is InChI=1S/C16H22N4O2S/c1-13-16(11-17-18-13)23(21,22)19(2)15-9-6-10-20(12-15)14-7-4-3-5-8-14/h3-5,7-8,11,15H,6,9-10,12H2,1-2H3,(H,17,18). The zero-order valence-corrected chi connectivity index (χ0v) is 14.3. The number of aromatic nitrogens is 2. The van der Waals surface area contributed by atoms with Gasteiger partial charge in [-0.25, -0.2) is 8.42 Å². The predicted molar refractivity (Wildman–Crippen MR) is 90.0 cm³/mol. The fourth-order valence-corrected chi connectivity index (χ4v) is 4.57. The maximum Gasteiger partial charge on any atom is 0.246 e. The summed E-state index contributed by atoms with van der Waals surface area (Å²) >= 11 is 0. The van der Waals surface area contributed by atoms with Gasteiger partial charge < -0.3 is 4.90 Å². The maximum atomic E-state index is 12.8. The predicted octanol–water partition coefficient (Wildman–Crippen LogP) is 2.01. The van der Waals surface area contributed by atoms with E-state index in [0.29, 0.717) is 12.2 Å². The van der Waals surface area contributed by atoms with E-state index in [0.717, 1.165) is 25.1 Å². The lowest BCUT2D eigenvalue weighted by Gasteiger charge is -2.38. The second-order valence-corrected chi connectivity index (χ2v) is 7.92. The molecule has 1 aromatic carbocycles. The van der Waals surface area contributed by atoms with Crippen LogP contribution in [0.1, 0.15) is 18.5 Å². The van der Waals surface area contributed by atoms with Gasteiger partial charge in [0.25, 0.3) is 0 Å². The second-order valence-electron chi connectivity index (χ2n) is 5.96. The second kappa shape index (κ2) is 6.33. The van der Waals surface area contributed by atoms with Crippen molar-refractivity contribution in [3.05, 3.63) is 42.2 Å². The first-order valence-electron chi connectivity index (χ1n) is 7.78. The van der Waals surface area contributed by atoms with E-state index in [1.807, 2.05) is 18.2 Å². The largest absolute Gasteiger partial charge is 0.370 e. The number of nitrogens with zero attached hydrogens (tertiary/aromatic N) is 3. The van der Waals surface area contributed by atoms with Crippen molar-refractivity contribution in [3.8, 4) is 0 Å². The van der Waals surface area contributed by atoms with Gasteiger partial charge in [0.05, 0.1) is 11.9 Å². The molecule has 2 heterocycles. The van der Waals surface area contributed by atoms with E-state index in [9.17, 15) is 8.42 Å². The van der Waals surface area contributed by atoms with Gasteiger partial charge in [-0.3, -0.25) is 5.10 Å². The highest BCUT2D eigenvalue weighted by Gasteiger charge is 2.33. The van der Waals surface area contributed by atoms with Crippen molar-refractivity contribution in [3.63, 3.8) is 0 Å². The third-order valence-electron chi connectivity index (χ3n) is 4.47. The van der Waals surface area contributed by atoms with E-state index in [4.69, 9.17) is 0 Å². The number of hydrogen-bond donors (Lipinski definition) is 1. The van der Waals surface area contributed by atoms with Crippen LogP contribution in [0.25, 0.3) is 0 Å². The molecule has 6 nitrogen and oxygen atoms in total. The first-order chi connectivity index (χ1) is 11.0. The Bertz CT molecular complexity index is 757. The minimum atomic E-state index is -3.52. The summed E-state index contributed by atoms with van der Waals surface area (Å²) in [6.07, 6.45) is 3.23. The normalized spacial score (nSPS) is 19.3. The highest BCUT2D eigenvalue weighted by Crippen LogP contribution is 2.26. The van der Waals surface area contributed by atoms with Crippen molar-refractivity contribution in [2.45, 2.75) is 30.7 Å². The number of likely N-dealkylation sites (N-methyl/N-ethyl adjacent to an activating group) is 1. The van der Waals surface area contributed by atoms with Gasteiger partial charge in [-0.05, 0) is 31.9 Å². The fraction of sp³-hybridized carbons (Fsp3) is 0.438. The Labute approximate surface area is 137 Å². The Morgan fingerprint density at radius 2 is 2.04 bits per heavy atom. The van der Waals surface area contributed by atoms with Crippen molar-refractivity contribution >= 4 is 15.7 Å². The minimum Gasteiger partial charge on any atom is -0.370 e. The number of benzene rings is 1. The van der Waals surface area contributed by atoms with Gasteiger partial charge in [0, 0.05) is 31.9 Å². The number of H-pyrrole nitrogens is 1. The topological polar surface area (TPSA) is 69.3 Å². The Balaban J connectivity index is 1.80. The maximum absolute atomic E-state index is 12.8. The molecule has 0 bridgehead atoms. The summed E-state index contributed by atoms with van der Waals surface area (Å²) in [7, 11) is -1.85. The third-order valence-corrected chi connectivity index (χ3v) is 6.50. The summed E-state index contributed by atoms with van der Waals surface area (Å²) in [6, 6.07) is 10.1. The molecule has 1 aliphatic heterocycles. The quantitative estimate of drug-likeness (QED) is 0.928. The summed E-state index contributed by atoms with van der Waals surface area (Å²) < 4.78 is 27.1. The Kier molecular flexibility index (Phi) is 4.41. The molecule has 0 aliphatic carbocycles. The van der Waals surface area contributed by atoms with Crippen LogP contribution in [0.15, 0.2) is 41.4 Å². The summed E-state index contributed by atoms with van der Waals surface area (Å²) in [4.78, 5) is 2.51. The van der Waals surface area contributed by atoms with Crippen LogP contribution in [0.5, 0.6) is 0 Å². The van der Waals surface area contributed by atoms with E-state index in [1.54, 1.807) is 14.0 Å². The molecule has 0 radical (unpaired) electrons. The zero-order chi connectivity index (χ0) is 16.4. The molecule has 1 saturated heterocycles. The molecule has 1 aliphatic rings. The van der Waals surface area contributed by atoms with E-state index in [2.05, 4.69) is 27.2 Å². The van der Waals surface area contributed by atoms with Crippen LogP contribution < -0.4 is 4.90 Å². The van der Waals surface area contributed by atoms with Gasteiger partial charge >= 0.3 is 0 Å². The molecule has 0 saturated carbocycles. The van der Waals surface area contributed by atoms with Crippen LogP contribution in [0.2, 0.25) is 0 Å². The van der Waals surface area contributed by atoms with Crippen LogP contribution in [-0.2, 0) is 10.0 Å². The minimum absolute atomic E-state index is 0.0387. The molecule has 23 heavy (non-hydrogen) atoms. The summed E-state index contributed by atoms with van der Waals surface area (Å²) in [6.45, 7) is 3.39. The van der Waals surface area contributed by atoms with Gasteiger partial charge in [0.15, 0.2) is 0 Å². The number of aromatic amines is 1. The molecular weight excluding hydrogens is 312 g/mol. The first kappa shape index (κ1) is 16.0. The summed E-state index contributed by atoms with van der Waals surface area (Å²) in [5.74, 6) is 0. The van der Waals surface area contributed by atoms with E-state index < -0.39 is 10.0 Å². The monoisotopic (exact) mass is 334 g/mol. The van der Waals surface area contributed by atoms with E-state index >= 15 is 0 Å². The van der Waals surface area contributed by atoms with Gasteiger partial charge in [-0.1, -0.05) is 18.2 Å². The molecule has 1 unspecified atom stereocenters. The number of para-hydroxylation sites is 1. The van der Waals surface area contributed by atoms with Gasteiger partial charge in [-0.2, -0.15) is 9.40 Å². The molecule has 0 amide bonds. The molecule has 2 aromatic rings. The van der Waals surface area contributed by atoms with Crippen molar-refractivity contribution in [1.29, 1.82) is 0 Å². The Hall–Kier alpha value is -1.86. The Morgan fingerprint density at radius 1 is 1.30 bits per heavy atom. The molecular formula is C16H22N4O2S. The van der Waals surface area contributed by atoms with Gasteiger partial charge in [0.2, 0.25) is 10.0 Å². The number of hydrogen-bond acceptors (Lipinski definition) is 4. The number of rotatable bonds is 4. The van der Waals surface area contributed by atoms with Crippen LogP contribution in [0.4, 0.5) is 5.69 Å². The average Bonchev–Trinajstić information content (AvgIpc) is 3.02. The summed E-state index contributed by atoms with van der Waals surface area (Å²) in [5.41, 5.74) is 1.72. The lowest BCUT2D eigenvalue weighted by molar-refractivity contribution is 0.320. The number of anilines is 1. The number of aryl methyl sites for hydroxylation is 1. The molecule has 1 fully saturated rings. The molecule has 3 rings (SSSR count). The summed E-state index contributed by atoms with van der Waals surface area (Å²) in [5, 5.41) is 6.54. The van der Waals surface area contributed by atoms with E-state index in [1.165, 1.54) is 10.5 Å². The van der Waals surface area contributed by atoms with Crippen LogP contribution >= 0.6 is 0 Å². The number of sulfonamides is 1. The third kappa shape index (κ3) is 3.11. The highest BCUT2D eigenvalue weighted by molar-refractivity contribution is 7.89. The van der Waals surface area contributed by atoms with Crippen LogP contribution in [0, 0.1) is 6.92 Å². The lowest BCUT2D eigenvalue weighted by atomic mass is 10.1. The van der Waals surface area contributed by atoms with Gasteiger partial charge in [0.1, 0.15) is 4.90 Å². The molecule has 124 valence electrons. The number of nitrogens with one attached hydrogen (secondary N) is 1. The highest BCUT2D eigenvalue weighted by atomic mass is 32.2. The van der Waals surface area contributed by atoms with Crippen molar-refractivity contribution in [2.24, 2.45) is 0 Å². The average molecular weight is 334 g/mol. The fourth-order valence-electron chi connectivity index (χ4n) is 3.08. The van der Waals surface area contributed by atoms with Gasteiger partial charge in [-0.15, -0.1) is 0 Å². The SMILES string of the molecule is Cc1[nH]ncc1S(=O)(=O)N(C)C1CCCN(c2ccccc2)C1. The Morgan fingerprint density at radius 3 is 2.70 bits per heavy atom. The van der Waals surface area contributed by atoms with Crippen LogP contribution in [0.3, 0.4) is 0 Å². The molecule has 1 atom stereocenters. The first-order valence-corrected chi connectivity index (χ1v) is 9.22. The zero-order valence-electron chi connectivity index (χ0n) is 13.4. The molecule has 1 N–H and O–H groups in total. The van der Waals surface area contributed by atoms with Crippen molar-refractivity contribution in [2.75, 3.05) is 25.0 Å². The van der Waals surface area contributed by atoms with Crippen molar-refractivity contribution in [1.82, 2.24) is 14.5 Å². The molecule has 7 heteroatoms.